The van der Waals surface area contributed by atoms with Gasteiger partial charge in [0.1, 0.15) is 0 Å². The number of amides is 1. The number of piperazine rings is 1. The van der Waals surface area contributed by atoms with E-state index >= 15 is 0 Å². The third-order valence-corrected chi connectivity index (χ3v) is 7.14. The highest BCUT2D eigenvalue weighted by Crippen LogP contribution is 2.17. The van der Waals surface area contributed by atoms with E-state index in [9.17, 15) is 13.2 Å². The van der Waals surface area contributed by atoms with Crippen LogP contribution < -0.4 is 5.32 Å². The molecule has 1 amide bonds. The second-order valence-corrected chi connectivity index (χ2v) is 9.33. The van der Waals surface area contributed by atoms with Crippen LogP contribution in [0.25, 0.3) is 0 Å². The molecule has 0 aliphatic carbocycles. The molecular formula is C20H34IN5O4S. The topological polar surface area (TPSA) is 94.5 Å². The molecule has 9 nitrogen and oxygen atoms in total. The lowest BCUT2D eigenvalue weighted by atomic mass is 10.2. The number of sulfonamides is 1. The van der Waals surface area contributed by atoms with Crippen LogP contribution >= 0.6 is 24.0 Å². The maximum absolute atomic E-state index is 12.6. The normalized spacial score (nSPS) is 15.1. The number of ether oxygens (including phenoxy) is 1. The number of halogens is 1. The average Bonchev–Trinajstić information content (AvgIpc) is 2.74. The Morgan fingerprint density at radius 2 is 1.71 bits per heavy atom. The monoisotopic (exact) mass is 567 g/mol. The minimum atomic E-state index is -3.49. The van der Waals surface area contributed by atoms with Crippen LogP contribution in [0.5, 0.6) is 0 Å². The summed E-state index contributed by atoms with van der Waals surface area (Å²) < 4.78 is 31.5. The molecule has 0 radical (unpaired) electrons. The fraction of sp³-hybridized carbons (Fsp3) is 0.600. The number of rotatable bonds is 6. The summed E-state index contributed by atoms with van der Waals surface area (Å²) in [6.07, 6.45) is -0.279. The van der Waals surface area contributed by atoms with E-state index in [4.69, 9.17) is 4.74 Å². The number of nitrogens with zero attached hydrogens (tertiary/aromatic N) is 4. The van der Waals surface area contributed by atoms with E-state index in [2.05, 4.69) is 15.2 Å². The molecule has 2 rings (SSSR count). The van der Waals surface area contributed by atoms with Gasteiger partial charge in [0.05, 0.1) is 11.5 Å². The zero-order valence-electron chi connectivity index (χ0n) is 18.9. The molecule has 11 heteroatoms. The van der Waals surface area contributed by atoms with Crippen molar-refractivity contribution in [2.24, 2.45) is 4.99 Å². The molecule has 1 aliphatic rings. The van der Waals surface area contributed by atoms with Crippen LogP contribution in [0.15, 0.2) is 34.2 Å². The number of hydrogen-bond acceptors (Lipinski definition) is 5. The van der Waals surface area contributed by atoms with Crippen molar-refractivity contribution in [2.45, 2.75) is 38.3 Å². The molecule has 1 aromatic rings. The number of guanidine groups is 1. The highest BCUT2D eigenvalue weighted by atomic mass is 127. The Labute approximate surface area is 202 Å². The van der Waals surface area contributed by atoms with E-state index in [0.717, 1.165) is 11.5 Å². The van der Waals surface area contributed by atoms with Crippen LogP contribution in [0.1, 0.15) is 26.3 Å². The SMILES string of the molecule is CCOC(=O)N1CCN(C(=NC)NCc2ccc(S(=O)(=O)N(C)C(C)C)cc2)CC1.I. The van der Waals surface area contributed by atoms with Crippen molar-refractivity contribution in [1.29, 1.82) is 0 Å². The Morgan fingerprint density at radius 3 is 2.19 bits per heavy atom. The predicted octanol–water partition coefficient (Wildman–Crippen LogP) is 2.18. The van der Waals surface area contributed by atoms with Gasteiger partial charge in [0.2, 0.25) is 10.0 Å². The van der Waals surface area contributed by atoms with Gasteiger partial charge in [0.15, 0.2) is 5.96 Å². The van der Waals surface area contributed by atoms with Crippen LogP contribution in [-0.2, 0) is 21.3 Å². The summed E-state index contributed by atoms with van der Waals surface area (Å²) in [5, 5.41) is 3.31. The minimum absolute atomic E-state index is 0. The fourth-order valence-electron chi connectivity index (χ4n) is 3.05. The number of hydrogen-bond donors (Lipinski definition) is 1. The molecule has 1 fully saturated rings. The molecular weight excluding hydrogens is 533 g/mol. The van der Waals surface area contributed by atoms with E-state index in [1.807, 2.05) is 13.8 Å². The van der Waals surface area contributed by atoms with Gasteiger partial charge >= 0.3 is 6.09 Å². The smallest absolute Gasteiger partial charge is 0.409 e. The Hall–Kier alpha value is -1.60. The molecule has 0 aromatic heterocycles. The van der Waals surface area contributed by atoms with Gasteiger partial charge in [0, 0.05) is 52.9 Å². The Morgan fingerprint density at radius 1 is 1.16 bits per heavy atom. The summed E-state index contributed by atoms with van der Waals surface area (Å²) in [5.74, 6) is 0.745. The number of aliphatic imine (C=N–C) groups is 1. The lowest BCUT2D eigenvalue weighted by Crippen LogP contribution is -2.53. The Bertz CT molecular complexity index is 838. The van der Waals surface area contributed by atoms with Gasteiger partial charge in [-0.25, -0.2) is 13.2 Å². The van der Waals surface area contributed by atoms with Crippen molar-refractivity contribution in [3.63, 3.8) is 0 Å². The first-order valence-corrected chi connectivity index (χ1v) is 11.6. The lowest BCUT2D eigenvalue weighted by molar-refractivity contribution is 0.0914. The van der Waals surface area contributed by atoms with Crippen LogP contribution in [0.2, 0.25) is 0 Å². The highest BCUT2D eigenvalue weighted by Gasteiger charge is 2.24. The predicted molar refractivity (Wildman–Crippen MR) is 132 cm³/mol. The average molecular weight is 567 g/mol. The lowest BCUT2D eigenvalue weighted by Gasteiger charge is -2.35. The van der Waals surface area contributed by atoms with E-state index in [1.165, 1.54) is 4.31 Å². The van der Waals surface area contributed by atoms with Crippen molar-refractivity contribution >= 4 is 46.1 Å². The van der Waals surface area contributed by atoms with E-state index in [-0.39, 0.29) is 41.0 Å². The summed E-state index contributed by atoms with van der Waals surface area (Å²) in [6.45, 7) is 8.85. The third-order valence-electron chi connectivity index (χ3n) is 5.10. The summed E-state index contributed by atoms with van der Waals surface area (Å²) in [6, 6.07) is 6.77. The first kappa shape index (κ1) is 27.4. The minimum Gasteiger partial charge on any atom is -0.450 e. The van der Waals surface area contributed by atoms with E-state index < -0.39 is 10.0 Å². The molecule has 1 heterocycles. The first-order valence-electron chi connectivity index (χ1n) is 10.1. The molecule has 1 aliphatic heterocycles. The van der Waals surface area contributed by atoms with Crippen molar-refractivity contribution in [3.05, 3.63) is 29.8 Å². The van der Waals surface area contributed by atoms with E-state index in [1.54, 1.807) is 50.2 Å². The summed E-state index contributed by atoms with van der Waals surface area (Å²) in [5.41, 5.74) is 0.951. The van der Waals surface area contributed by atoms with Crippen molar-refractivity contribution in [2.75, 3.05) is 46.9 Å². The summed E-state index contributed by atoms with van der Waals surface area (Å²) in [7, 11) is -0.182. The number of carbonyl (C=O) groups is 1. The molecule has 0 spiro atoms. The molecule has 0 bridgehead atoms. The van der Waals surface area contributed by atoms with Crippen LogP contribution in [0, 0.1) is 0 Å². The molecule has 0 saturated carbocycles. The molecule has 31 heavy (non-hydrogen) atoms. The first-order chi connectivity index (χ1) is 14.2. The third kappa shape index (κ3) is 7.21. The maximum Gasteiger partial charge on any atom is 0.409 e. The van der Waals surface area contributed by atoms with Gasteiger partial charge in [-0.3, -0.25) is 4.99 Å². The molecule has 1 N–H and O–H groups in total. The van der Waals surface area contributed by atoms with Gasteiger partial charge in [-0.2, -0.15) is 4.31 Å². The molecule has 0 atom stereocenters. The van der Waals surface area contributed by atoms with Crippen molar-refractivity contribution in [3.8, 4) is 0 Å². The van der Waals surface area contributed by atoms with Gasteiger partial charge in [-0.05, 0) is 38.5 Å². The number of nitrogens with one attached hydrogen (secondary N) is 1. The number of benzene rings is 1. The van der Waals surface area contributed by atoms with Gasteiger partial charge < -0.3 is 19.9 Å². The maximum atomic E-state index is 12.6. The second kappa shape index (κ2) is 12.4. The van der Waals surface area contributed by atoms with Crippen LogP contribution in [-0.4, -0.2) is 87.5 Å². The quantitative estimate of drug-likeness (QED) is 0.322. The number of carbonyl (C=O) groups excluding carboxylic acids is 1. The van der Waals surface area contributed by atoms with Crippen LogP contribution in [0.3, 0.4) is 0 Å². The molecule has 1 saturated heterocycles. The molecule has 1 aromatic carbocycles. The molecule has 176 valence electrons. The van der Waals surface area contributed by atoms with Gasteiger partial charge in [-0.1, -0.05) is 12.1 Å². The zero-order chi connectivity index (χ0) is 22.3. The van der Waals surface area contributed by atoms with Crippen molar-refractivity contribution in [1.82, 2.24) is 19.4 Å². The Kier molecular flexibility index (Phi) is 11.0. The summed E-state index contributed by atoms with van der Waals surface area (Å²) in [4.78, 5) is 20.2. The molecule has 0 unspecified atom stereocenters. The highest BCUT2D eigenvalue weighted by molar-refractivity contribution is 14.0. The second-order valence-electron chi connectivity index (χ2n) is 7.33. The largest absolute Gasteiger partial charge is 0.450 e. The zero-order valence-corrected chi connectivity index (χ0v) is 22.0. The Balaban J connectivity index is 0.00000480. The van der Waals surface area contributed by atoms with Gasteiger partial charge in [-0.15, -0.1) is 24.0 Å². The van der Waals surface area contributed by atoms with Crippen LogP contribution in [0.4, 0.5) is 4.79 Å². The van der Waals surface area contributed by atoms with Crippen molar-refractivity contribution < 1.29 is 17.9 Å². The summed E-state index contributed by atoms with van der Waals surface area (Å²) >= 11 is 0. The fourth-order valence-corrected chi connectivity index (χ4v) is 4.42. The van der Waals surface area contributed by atoms with E-state index in [0.29, 0.717) is 39.3 Å². The standard InChI is InChI=1S/C20H33N5O4S.HI/c1-6-29-20(26)25-13-11-24(12-14-25)19(21-4)22-15-17-7-9-18(10-8-17)30(27,28)23(5)16(2)3;/h7-10,16H,6,11-15H2,1-5H3,(H,21,22);1H. The van der Waals surface area contributed by atoms with Gasteiger partial charge in [0.25, 0.3) is 0 Å².